The van der Waals surface area contributed by atoms with E-state index in [1.54, 1.807) is 31.5 Å². The van der Waals surface area contributed by atoms with Crippen molar-refractivity contribution in [2.24, 2.45) is 4.99 Å². The van der Waals surface area contributed by atoms with E-state index in [1.165, 1.54) is 0 Å². The zero-order valence-corrected chi connectivity index (χ0v) is 22.6. The standard InChI is InChI=1S/C30H31F3N4O3/c1-4-19(15-34-3)21-7-9-24-22(14-21)11-12-29(24)27(39)37(28(40)35-29)17-26(38)36-16-23-6-5-18(2)13-20(23)8-10-25(36)30(31,32)33/h4-7,9,13-15,25H,8,10-12,16-17H2,1-3H3,(H,35,40)/b19-4+,34-15?/t25-,29+/m0/s1. The number of aliphatic imine (C=N–C) groups is 1. The number of nitrogens with one attached hydrogen (secondary N) is 1. The number of benzene rings is 2. The van der Waals surface area contributed by atoms with Crippen molar-refractivity contribution in [1.82, 2.24) is 15.1 Å². The van der Waals surface area contributed by atoms with Crippen LogP contribution >= 0.6 is 0 Å². The second-order valence-electron chi connectivity index (χ2n) is 10.6. The Morgan fingerprint density at radius 2 is 1.90 bits per heavy atom. The molecule has 0 saturated carbocycles. The molecule has 2 aromatic rings. The van der Waals surface area contributed by atoms with Gasteiger partial charge in [-0.15, -0.1) is 0 Å². The predicted octanol–water partition coefficient (Wildman–Crippen LogP) is 4.70. The fourth-order valence-electron chi connectivity index (χ4n) is 6.14. The van der Waals surface area contributed by atoms with E-state index in [2.05, 4.69) is 10.3 Å². The normalized spacial score (nSPS) is 23.1. The van der Waals surface area contributed by atoms with Crippen molar-refractivity contribution >= 4 is 29.6 Å². The van der Waals surface area contributed by atoms with Gasteiger partial charge >= 0.3 is 12.2 Å². The van der Waals surface area contributed by atoms with Crippen LogP contribution in [-0.4, -0.2) is 59.7 Å². The molecule has 0 bridgehead atoms. The number of urea groups is 1. The Hall–Kier alpha value is -3.95. The second kappa shape index (κ2) is 10.2. The largest absolute Gasteiger partial charge is 0.408 e. The van der Waals surface area contributed by atoms with Gasteiger partial charge in [0.15, 0.2) is 0 Å². The first-order chi connectivity index (χ1) is 19.0. The van der Waals surface area contributed by atoms with Crippen molar-refractivity contribution in [2.75, 3.05) is 13.6 Å². The fraction of sp³-hybridized carbons (Fsp3) is 0.400. The third-order valence-corrected chi connectivity index (χ3v) is 8.18. The van der Waals surface area contributed by atoms with Crippen molar-refractivity contribution < 1.29 is 27.6 Å². The summed E-state index contributed by atoms with van der Waals surface area (Å²) in [6.45, 7) is 2.76. The van der Waals surface area contributed by atoms with Crippen LogP contribution in [0.1, 0.15) is 53.1 Å². The average molecular weight is 553 g/mol. The predicted molar refractivity (Wildman–Crippen MR) is 145 cm³/mol. The molecule has 1 N–H and O–H groups in total. The Morgan fingerprint density at radius 1 is 1.12 bits per heavy atom. The summed E-state index contributed by atoms with van der Waals surface area (Å²) in [6.07, 6.45) is -0.282. The van der Waals surface area contributed by atoms with Crippen LogP contribution in [0.3, 0.4) is 0 Å². The van der Waals surface area contributed by atoms with E-state index in [0.29, 0.717) is 24.0 Å². The Balaban J connectivity index is 1.41. The van der Waals surface area contributed by atoms with Crippen molar-refractivity contribution in [3.8, 4) is 0 Å². The van der Waals surface area contributed by atoms with E-state index in [4.69, 9.17) is 0 Å². The van der Waals surface area contributed by atoms with Crippen LogP contribution in [0.5, 0.6) is 0 Å². The summed E-state index contributed by atoms with van der Waals surface area (Å²) in [5, 5.41) is 2.76. The number of nitrogens with zero attached hydrogens (tertiary/aromatic N) is 3. The van der Waals surface area contributed by atoms with Crippen molar-refractivity contribution in [3.05, 3.63) is 75.9 Å². The quantitative estimate of drug-likeness (QED) is 0.441. The van der Waals surface area contributed by atoms with Gasteiger partial charge in [0.2, 0.25) is 5.91 Å². The van der Waals surface area contributed by atoms with E-state index < -0.39 is 42.1 Å². The van der Waals surface area contributed by atoms with E-state index in [1.807, 2.05) is 38.1 Å². The minimum absolute atomic E-state index is 0.176. The molecule has 2 heterocycles. The first kappa shape index (κ1) is 27.6. The lowest BCUT2D eigenvalue weighted by Gasteiger charge is -2.32. The summed E-state index contributed by atoms with van der Waals surface area (Å²) in [4.78, 5) is 45.8. The fourth-order valence-corrected chi connectivity index (χ4v) is 6.14. The molecule has 1 aliphatic carbocycles. The molecule has 10 heteroatoms. The van der Waals surface area contributed by atoms with Crippen LogP contribution in [-0.2, 0) is 34.5 Å². The molecule has 1 spiro atoms. The molecule has 2 atom stereocenters. The summed E-state index contributed by atoms with van der Waals surface area (Å²) in [5.74, 6) is -1.53. The number of imide groups is 1. The molecule has 5 rings (SSSR count). The third-order valence-electron chi connectivity index (χ3n) is 8.18. The number of carbonyl (C=O) groups excluding carboxylic acids is 3. The lowest BCUT2D eigenvalue weighted by molar-refractivity contribution is -0.192. The van der Waals surface area contributed by atoms with Crippen LogP contribution in [0.25, 0.3) is 5.57 Å². The monoisotopic (exact) mass is 552 g/mol. The molecule has 7 nitrogen and oxygen atoms in total. The van der Waals surface area contributed by atoms with Gasteiger partial charge in [-0.25, -0.2) is 4.79 Å². The van der Waals surface area contributed by atoms with Gasteiger partial charge in [-0.2, -0.15) is 13.2 Å². The van der Waals surface area contributed by atoms with Gasteiger partial charge in [0, 0.05) is 19.8 Å². The summed E-state index contributed by atoms with van der Waals surface area (Å²) in [7, 11) is 1.68. The van der Waals surface area contributed by atoms with Crippen LogP contribution in [0.4, 0.5) is 18.0 Å². The minimum atomic E-state index is -4.65. The van der Waals surface area contributed by atoms with E-state index in [-0.39, 0.29) is 19.4 Å². The molecule has 0 unspecified atom stereocenters. The molecular weight excluding hydrogens is 521 g/mol. The second-order valence-corrected chi connectivity index (χ2v) is 10.6. The zero-order chi connectivity index (χ0) is 28.8. The maximum absolute atomic E-state index is 14.1. The van der Waals surface area contributed by atoms with Crippen molar-refractivity contribution in [1.29, 1.82) is 0 Å². The Labute approximate surface area is 230 Å². The number of rotatable bonds is 4. The molecule has 2 aliphatic heterocycles. The number of fused-ring (bicyclic) bond motifs is 3. The number of alkyl halides is 3. The van der Waals surface area contributed by atoms with E-state index >= 15 is 0 Å². The highest BCUT2D eigenvalue weighted by Gasteiger charge is 2.56. The lowest BCUT2D eigenvalue weighted by Crippen LogP contribution is -2.52. The van der Waals surface area contributed by atoms with Gasteiger partial charge in [0.25, 0.3) is 5.91 Å². The average Bonchev–Trinajstić information content (AvgIpc) is 3.29. The highest BCUT2D eigenvalue weighted by molar-refractivity contribution is 6.11. The Morgan fingerprint density at radius 3 is 2.60 bits per heavy atom. The van der Waals surface area contributed by atoms with E-state index in [9.17, 15) is 27.6 Å². The van der Waals surface area contributed by atoms with Crippen LogP contribution in [0.2, 0.25) is 0 Å². The molecule has 0 radical (unpaired) electrons. The maximum atomic E-state index is 14.1. The maximum Gasteiger partial charge on any atom is 0.408 e. The third kappa shape index (κ3) is 4.69. The van der Waals surface area contributed by atoms with Crippen molar-refractivity contribution in [2.45, 2.75) is 63.8 Å². The number of halogens is 3. The summed E-state index contributed by atoms with van der Waals surface area (Å²) >= 11 is 0. The molecule has 4 amide bonds. The molecule has 1 saturated heterocycles. The van der Waals surface area contributed by atoms with Gasteiger partial charge in [0.05, 0.1) is 0 Å². The van der Waals surface area contributed by atoms with Crippen LogP contribution < -0.4 is 5.32 Å². The van der Waals surface area contributed by atoms with Gasteiger partial charge in [0.1, 0.15) is 18.1 Å². The molecule has 3 aliphatic rings. The van der Waals surface area contributed by atoms with Gasteiger partial charge in [-0.1, -0.05) is 48.0 Å². The Bertz CT molecular complexity index is 1450. The van der Waals surface area contributed by atoms with Gasteiger partial charge < -0.3 is 10.2 Å². The van der Waals surface area contributed by atoms with Crippen LogP contribution in [0, 0.1) is 6.92 Å². The Kier molecular flexibility index (Phi) is 7.06. The lowest BCUT2D eigenvalue weighted by atomic mass is 9.90. The van der Waals surface area contributed by atoms with Crippen LogP contribution in [0.15, 0.2) is 47.5 Å². The number of hydrogen-bond donors (Lipinski definition) is 1. The van der Waals surface area contributed by atoms with Gasteiger partial charge in [-0.05, 0) is 72.9 Å². The first-order valence-corrected chi connectivity index (χ1v) is 13.3. The topological polar surface area (TPSA) is 82.1 Å². The van der Waals surface area contributed by atoms with Gasteiger partial charge in [-0.3, -0.25) is 19.5 Å². The molecular formula is C30H31F3N4O3. The molecule has 210 valence electrons. The number of allylic oxidation sites excluding steroid dienone is 2. The number of carbonyl (C=O) groups is 3. The molecule has 0 aromatic heterocycles. The van der Waals surface area contributed by atoms with E-state index in [0.717, 1.165) is 37.6 Å². The summed E-state index contributed by atoms with van der Waals surface area (Å²) in [5.41, 5.74) is 4.35. The molecule has 2 aromatic carbocycles. The summed E-state index contributed by atoms with van der Waals surface area (Å²) in [6, 6.07) is 8.18. The SMILES string of the molecule is C/C=C(\C=NC)c1ccc2c(c1)CC[C@@]21NC(=O)N(CC(=O)N2Cc3ccc(C)cc3CC[C@H]2C(F)(F)F)C1=O. The molecule has 40 heavy (non-hydrogen) atoms. The highest BCUT2D eigenvalue weighted by atomic mass is 19.4. The smallest absolute Gasteiger partial charge is 0.325 e. The number of hydrogen-bond acceptors (Lipinski definition) is 4. The number of amides is 4. The van der Waals surface area contributed by atoms with Crippen molar-refractivity contribution in [3.63, 3.8) is 0 Å². The molecule has 1 fully saturated rings. The summed E-state index contributed by atoms with van der Waals surface area (Å²) < 4.78 is 42.3. The zero-order valence-electron chi connectivity index (χ0n) is 22.6. The minimum Gasteiger partial charge on any atom is -0.325 e. The first-order valence-electron chi connectivity index (χ1n) is 13.3. The number of aryl methyl sites for hydroxylation is 3. The highest BCUT2D eigenvalue weighted by Crippen LogP contribution is 2.42.